The Morgan fingerprint density at radius 3 is 2.10 bits per heavy atom. The van der Waals surface area contributed by atoms with E-state index in [0.717, 1.165) is 6.42 Å². The van der Waals surface area contributed by atoms with E-state index in [2.05, 4.69) is 97.6 Å². The van der Waals surface area contributed by atoms with Gasteiger partial charge in [-0.1, -0.05) is 97.4 Å². The maximum Gasteiger partial charge on any atom is 0.0130 e. The lowest BCUT2D eigenvalue weighted by Crippen LogP contribution is -2.15. The van der Waals surface area contributed by atoms with Gasteiger partial charge in [0.15, 0.2) is 0 Å². The van der Waals surface area contributed by atoms with Gasteiger partial charge in [0.25, 0.3) is 0 Å². The Balaban J connectivity index is 1.49. The van der Waals surface area contributed by atoms with E-state index in [9.17, 15) is 0 Å². The zero-order valence-electron chi connectivity index (χ0n) is 17.6. The molecule has 0 amide bonds. The quantitative estimate of drug-likeness (QED) is 0.268. The highest BCUT2D eigenvalue weighted by molar-refractivity contribution is 5.79. The molecule has 0 saturated carbocycles. The van der Waals surface area contributed by atoms with Crippen molar-refractivity contribution in [1.82, 2.24) is 0 Å². The molecule has 0 heterocycles. The highest BCUT2D eigenvalue weighted by atomic mass is 14.4. The zero-order chi connectivity index (χ0) is 20.3. The number of unbranched alkanes of at least 4 members (excludes halogenated alkanes) is 2. The maximum atomic E-state index is 3.91. The van der Waals surface area contributed by atoms with Gasteiger partial charge in [0.1, 0.15) is 0 Å². The van der Waals surface area contributed by atoms with E-state index in [4.69, 9.17) is 0 Å². The monoisotopic (exact) mass is 390 g/mol. The smallest absolute Gasteiger partial charge is 0.0130 e. The van der Waals surface area contributed by atoms with Crippen LogP contribution in [0, 0.1) is 5.92 Å². The predicted octanol–water partition coefficient (Wildman–Crippen LogP) is 8.36. The van der Waals surface area contributed by atoms with Crippen LogP contribution in [0.4, 0.5) is 0 Å². The van der Waals surface area contributed by atoms with Gasteiger partial charge in [-0.05, 0) is 65.0 Å². The number of hydrogen-bond donors (Lipinski definition) is 0. The Labute approximate surface area is 181 Å². The third-order valence-electron chi connectivity index (χ3n) is 7.05. The largest absolute Gasteiger partial charge is 0.103 e. The molecule has 2 atom stereocenters. The average Bonchev–Trinajstić information content (AvgIpc) is 3.35. The van der Waals surface area contributed by atoms with E-state index < -0.39 is 0 Å². The van der Waals surface area contributed by atoms with Crippen LogP contribution in [0.15, 0.2) is 91.5 Å². The summed E-state index contributed by atoms with van der Waals surface area (Å²) in [5.74, 6) is 1.67. The van der Waals surface area contributed by atoms with Gasteiger partial charge in [-0.3, -0.25) is 0 Å². The second-order valence-corrected chi connectivity index (χ2v) is 8.82. The highest BCUT2D eigenvalue weighted by Crippen LogP contribution is 2.51. The normalized spacial score (nSPS) is 17.4. The van der Waals surface area contributed by atoms with Gasteiger partial charge in [0, 0.05) is 11.8 Å². The van der Waals surface area contributed by atoms with Crippen molar-refractivity contribution >= 4 is 6.08 Å². The molecular formula is C30H30. The molecule has 3 aromatic carbocycles. The van der Waals surface area contributed by atoms with Gasteiger partial charge in [0.05, 0.1) is 0 Å². The molecule has 2 aliphatic rings. The summed E-state index contributed by atoms with van der Waals surface area (Å²) < 4.78 is 0. The van der Waals surface area contributed by atoms with Crippen molar-refractivity contribution in [2.75, 3.05) is 0 Å². The fourth-order valence-corrected chi connectivity index (χ4v) is 5.67. The lowest BCUT2D eigenvalue weighted by Gasteiger charge is -2.28. The molecule has 0 radical (unpaired) electrons. The Bertz CT molecular complexity index is 1030. The van der Waals surface area contributed by atoms with Crippen LogP contribution < -0.4 is 0 Å². The lowest BCUT2D eigenvalue weighted by molar-refractivity contribution is 0.380. The molecule has 150 valence electrons. The van der Waals surface area contributed by atoms with Gasteiger partial charge in [0.2, 0.25) is 0 Å². The van der Waals surface area contributed by atoms with E-state index >= 15 is 0 Å². The third kappa shape index (κ3) is 3.45. The van der Waals surface area contributed by atoms with Gasteiger partial charge >= 0.3 is 0 Å². The summed E-state index contributed by atoms with van der Waals surface area (Å²) in [6, 6.07) is 27.1. The minimum absolute atomic E-state index is 0.502. The minimum atomic E-state index is 0.502. The first-order valence-corrected chi connectivity index (χ1v) is 11.4. The Kier molecular flexibility index (Phi) is 5.41. The Hall–Kier alpha value is -2.86. The number of rotatable bonds is 8. The first-order valence-electron chi connectivity index (χ1n) is 11.4. The summed E-state index contributed by atoms with van der Waals surface area (Å²) in [4.78, 5) is 0. The van der Waals surface area contributed by atoms with Gasteiger partial charge in [-0.25, -0.2) is 0 Å². The SMILES string of the molecule is C=CCCCCC(CC1C=Cc2ccccc21)C1c2ccccc2-c2ccccc21. The van der Waals surface area contributed by atoms with Crippen LogP contribution in [0.5, 0.6) is 0 Å². The minimum Gasteiger partial charge on any atom is -0.103 e. The van der Waals surface area contributed by atoms with Crippen LogP contribution in [0.2, 0.25) is 0 Å². The molecule has 30 heavy (non-hydrogen) atoms. The molecule has 0 fully saturated rings. The molecule has 0 nitrogen and oxygen atoms in total. The third-order valence-corrected chi connectivity index (χ3v) is 7.05. The molecule has 5 rings (SSSR count). The fourth-order valence-electron chi connectivity index (χ4n) is 5.67. The van der Waals surface area contributed by atoms with E-state index in [-0.39, 0.29) is 0 Å². The van der Waals surface area contributed by atoms with E-state index in [1.165, 1.54) is 59.1 Å². The second-order valence-electron chi connectivity index (χ2n) is 8.82. The molecular weight excluding hydrogens is 360 g/mol. The summed E-state index contributed by atoms with van der Waals surface area (Å²) in [6.07, 6.45) is 13.0. The summed E-state index contributed by atoms with van der Waals surface area (Å²) in [5.41, 5.74) is 8.85. The first-order chi connectivity index (χ1) is 14.9. The molecule has 2 unspecified atom stereocenters. The molecule has 2 aliphatic carbocycles. The predicted molar refractivity (Wildman–Crippen MR) is 129 cm³/mol. The summed E-state index contributed by atoms with van der Waals surface area (Å²) >= 11 is 0. The molecule has 0 N–H and O–H groups in total. The average molecular weight is 391 g/mol. The maximum absolute atomic E-state index is 3.91. The second kappa shape index (κ2) is 8.48. The van der Waals surface area contributed by atoms with Crippen molar-refractivity contribution in [1.29, 1.82) is 0 Å². The molecule has 0 saturated heterocycles. The van der Waals surface area contributed by atoms with Crippen LogP contribution in [-0.4, -0.2) is 0 Å². The zero-order valence-corrected chi connectivity index (χ0v) is 17.6. The van der Waals surface area contributed by atoms with Crippen LogP contribution in [0.1, 0.15) is 66.2 Å². The van der Waals surface area contributed by atoms with Crippen LogP contribution in [-0.2, 0) is 0 Å². The van der Waals surface area contributed by atoms with Crippen molar-refractivity contribution in [2.24, 2.45) is 5.92 Å². The van der Waals surface area contributed by atoms with Crippen molar-refractivity contribution in [3.8, 4) is 11.1 Å². The lowest BCUT2D eigenvalue weighted by atomic mass is 9.75. The van der Waals surface area contributed by atoms with Crippen molar-refractivity contribution in [3.63, 3.8) is 0 Å². The molecule has 0 aromatic heterocycles. The summed E-state index contributed by atoms with van der Waals surface area (Å²) in [6.45, 7) is 3.91. The molecule has 0 heteroatoms. The number of benzene rings is 3. The molecule has 0 aliphatic heterocycles. The van der Waals surface area contributed by atoms with Crippen LogP contribution in [0.25, 0.3) is 17.2 Å². The first kappa shape index (κ1) is 19.1. The van der Waals surface area contributed by atoms with E-state index in [0.29, 0.717) is 17.8 Å². The number of fused-ring (bicyclic) bond motifs is 4. The molecule has 0 spiro atoms. The van der Waals surface area contributed by atoms with Gasteiger partial charge in [-0.15, -0.1) is 6.58 Å². The standard InChI is InChI=1S/C30H30/c1-2-3-4-5-13-24(21-23-20-19-22-12-6-7-14-25(22)23)30-28-17-10-8-15-26(28)27-16-9-11-18-29(27)30/h2,6-12,14-20,23-24,30H,1,3-5,13,21H2. The van der Waals surface area contributed by atoms with E-state index in [1.54, 1.807) is 0 Å². The van der Waals surface area contributed by atoms with Gasteiger partial charge < -0.3 is 0 Å². The van der Waals surface area contributed by atoms with Crippen molar-refractivity contribution in [2.45, 2.75) is 43.9 Å². The summed E-state index contributed by atoms with van der Waals surface area (Å²) in [7, 11) is 0. The van der Waals surface area contributed by atoms with Crippen molar-refractivity contribution < 1.29 is 0 Å². The number of allylic oxidation sites excluding steroid dienone is 2. The number of hydrogen-bond acceptors (Lipinski definition) is 0. The molecule has 3 aromatic rings. The van der Waals surface area contributed by atoms with Crippen LogP contribution >= 0.6 is 0 Å². The fraction of sp³-hybridized carbons (Fsp3) is 0.267. The Morgan fingerprint density at radius 2 is 1.40 bits per heavy atom. The van der Waals surface area contributed by atoms with E-state index in [1.807, 2.05) is 0 Å². The highest BCUT2D eigenvalue weighted by Gasteiger charge is 2.35. The van der Waals surface area contributed by atoms with Crippen molar-refractivity contribution in [3.05, 3.63) is 114 Å². The Morgan fingerprint density at radius 1 is 0.767 bits per heavy atom. The molecule has 0 bridgehead atoms. The summed E-state index contributed by atoms with van der Waals surface area (Å²) in [5, 5.41) is 0. The topological polar surface area (TPSA) is 0 Å². The van der Waals surface area contributed by atoms with Gasteiger partial charge in [-0.2, -0.15) is 0 Å². The van der Waals surface area contributed by atoms with Crippen LogP contribution in [0.3, 0.4) is 0 Å².